The van der Waals surface area contributed by atoms with Crippen molar-refractivity contribution in [1.82, 2.24) is 5.32 Å². The molecule has 1 aromatic heterocycles. The SMILES string of the molecule is CCOC1CC(NC(CO)c2ccco2)C12CCCC2. The number of rotatable bonds is 6. The van der Waals surface area contributed by atoms with E-state index in [0.29, 0.717) is 12.1 Å². The Balaban J connectivity index is 1.68. The van der Waals surface area contributed by atoms with Crippen molar-refractivity contribution < 1.29 is 14.3 Å². The molecule has 0 amide bonds. The molecule has 2 aliphatic carbocycles. The van der Waals surface area contributed by atoms with Crippen LogP contribution in [0.4, 0.5) is 0 Å². The fourth-order valence-corrected chi connectivity index (χ4v) is 4.08. The van der Waals surface area contributed by atoms with Crippen molar-refractivity contribution in [2.45, 2.75) is 57.2 Å². The summed E-state index contributed by atoms with van der Waals surface area (Å²) >= 11 is 0. The van der Waals surface area contributed by atoms with Crippen molar-refractivity contribution in [2.75, 3.05) is 13.2 Å². The van der Waals surface area contributed by atoms with Crippen LogP contribution < -0.4 is 5.32 Å². The Hall–Kier alpha value is -0.840. The van der Waals surface area contributed by atoms with Gasteiger partial charge in [0, 0.05) is 18.1 Å². The number of hydrogen-bond donors (Lipinski definition) is 2. The Bertz CT molecular complexity index is 411. The van der Waals surface area contributed by atoms with Crippen LogP contribution in [0, 0.1) is 5.41 Å². The van der Waals surface area contributed by atoms with Crippen LogP contribution >= 0.6 is 0 Å². The molecular weight excluding hydrogens is 254 g/mol. The molecule has 1 spiro atoms. The molecule has 0 radical (unpaired) electrons. The summed E-state index contributed by atoms with van der Waals surface area (Å²) in [6.07, 6.45) is 8.18. The van der Waals surface area contributed by atoms with E-state index < -0.39 is 0 Å². The Morgan fingerprint density at radius 3 is 2.90 bits per heavy atom. The van der Waals surface area contributed by atoms with Gasteiger partial charge in [-0.1, -0.05) is 12.8 Å². The fraction of sp³-hybridized carbons (Fsp3) is 0.750. The fourth-order valence-electron chi connectivity index (χ4n) is 4.08. The summed E-state index contributed by atoms with van der Waals surface area (Å²) in [5, 5.41) is 13.2. The van der Waals surface area contributed by atoms with Crippen LogP contribution in [0.25, 0.3) is 0 Å². The van der Waals surface area contributed by atoms with Crippen molar-refractivity contribution in [1.29, 1.82) is 0 Å². The third-order valence-electron chi connectivity index (χ3n) is 5.16. The van der Waals surface area contributed by atoms with Gasteiger partial charge < -0.3 is 19.6 Å². The number of hydrogen-bond acceptors (Lipinski definition) is 4. The summed E-state index contributed by atoms with van der Waals surface area (Å²) in [5.41, 5.74) is 0.288. The molecule has 3 atom stereocenters. The van der Waals surface area contributed by atoms with Crippen LogP contribution in [-0.2, 0) is 4.74 Å². The van der Waals surface area contributed by atoms with E-state index in [-0.39, 0.29) is 18.1 Å². The largest absolute Gasteiger partial charge is 0.468 e. The second kappa shape index (κ2) is 5.88. The molecule has 20 heavy (non-hydrogen) atoms. The molecule has 3 unspecified atom stereocenters. The second-order valence-electron chi connectivity index (χ2n) is 6.09. The Kier molecular flexibility index (Phi) is 4.15. The average Bonchev–Trinajstić information content (AvgIpc) is 3.13. The number of nitrogens with one attached hydrogen (secondary N) is 1. The highest BCUT2D eigenvalue weighted by Crippen LogP contribution is 2.55. The summed E-state index contributed by atoms with van der Waals surface area (Å²) < 4.78 is 11.4. The first-order valence-electron chi connectivity index (χ1n) is 7.82. The predicted octanol–water partition coefficient (Wildman–Crippen LogP) is 2.64. The van der Waals surface area contributed by atoms with Gasteiger partial charge >= 0.3 is 0 Å². The molecule has 2 fully saturated rings. The minimum atomic E-state index is -0.102. The topological polar surface area (TPSA) is 54.6 Å². The lowest BCUT2D eigenvalue weighted by molar-refractivity contribution is -0.134. The van der Waals surface area contributed by atoms with E-state index in [2.05, 4.69) is 12.2 Å². The Labute approximate surface area is 120 Å². The molecule has 4 heteroatoms. The molecule has 2 aliphatic rings. The highest BCUT2D eigenvalue weighted by molar-refractivity contribution is 5.13. The van der Waals surface area contributed by atoms with Gasteiger partial charge in [-0.2, -0.15) is 0 Å². The van der Waals surface area contributed by atoms with Crippen LogP contribution in [-0.4, -0.2) is 30.5 Å². The van der Waals surface area contributed by atoms with Crippen LogP contribution in [0.3, 0.4) is 0 Å². The Morgan fingerprint density at radius 1 is 1.50 bits per heavy atom. The monoisotopic (exact) mass is 279 g/mol. The van der Waals surface area contributed by atoms with Gasteiger partial charge in [-0.3, -0.25) is 0 Å². The van der Waals surface area contributed by atoms with E-state index in [1.807, 2.05) is 12.1 Å². The molecule has 0 aromatic carbocycles. The Morgan fingerprint density at radius 2 is 2.30 bits per heavy atom. The van der Waals surface area contributed by atoms with Crippen LogP contribution in [0.2, 0.25) is 0 Å². The molecule has 4 nitrogen and oxygen atoms in total. The molecule has 3 rings (SSSR count). The molecule has 0 saturated heterocycles. The highest BCUT2D eigenvalue weighted by atomic mass is 16.5. The van der Waals surface area contributed by atoms with E-state index in [9.17, 15) is 5.11 Å². The van der Waals surface area contributed by atoms with Gasteiger partial charge in [0.05, 0.1) is 25.0 Å². The number of furan rings is 1. The van der Waals surface area contributed by atoms with E-state index in [4.69, 9.17) is 9.15 Å². The van der Waals surface area contributed by atoms with Crippen LogP contribution in [0.1, 0.15) is 50.8 Å². The molecular formula is C16H25NO3. The molecule has 1 aromatic rings. The summed E-state index contributed by atoms with van der Waals surface area (Å²) in [6, 6.07) is 4.13. The minimum Gasteiger partial charge on any atom is -0.468 e. The molecule has 0 aliphatic heterocycles. The first-order valence-corrected chi connectivity index (χ1v) is 7.82. The van der Waals surface area contributed by atoms with E-state index in [0.717, 1.165) is 18.8 Å². The summed E-state index contributed by atoms with van der Waals surface area (Å²) in [6.45, 7) is 2.93. The van der Waals surface area contributed by atoms with Crippen molar-refractivity contribution in [3.05, 3.63) is 24.2 Å². The van der Waals surface area contributed by atoms with Crippen molar-refractivity contribution >= 4 is 0 Å². The smallest absolute Gasteiger partial charge is 0.123 e. The standard InChI is InChI=1S/C16H25NO3/c1-2-19-15-10-14(16(15)7-3-4-8-16)17-12(11-18)13-6-5-9-20-13/h5-6,9,12,14-15,17-18H,2-4,7-8,10-11H2,1H3. The van der Waals surface area contributed by atoms with Crippen molar-refractivity contribution in [3.63, 3.8) is 0 Å². The van der Waals surface area contributed by atoms with Crippen LogP contribution in [0.15, 0.2) is 22.8 Å². The lowest BCUT2D eigenvalue weighted by atomic mass is 9.60. The maximum Gasteiger partial charge on any atom is 0.123 e. The highest BCUT2D eigenvalue weighted by Gasteiger charge is 2.56. The number of aliphatic hydroxyl groups excluding tert-OH is 1. The lowest BCUT2D eigenvalue weighted by Crippen LogP contribution is -2.63. The summed E-state index contributed by atoms with van der Waals surface area (Å²) in [5.74, 6) is 0.820. The maximum atomic E-state index is 9.61. The third-order valence-corrected chi connectivity index (χ3v) is 5.16. The van der Waals surface area contributed by atoms with Gasteiger partial charge in [0.15, 0.2) is 0 Å². The van der Waals surface area contributed by atoms with Gasteiger partial charge in [-0.15, -0.1) is 0 Å². The molecule has 112 valence electrons. The first-order chi connectivity index (χ1) is 9.80. The molecule has 1 heterocycles. The third kappa shape index (κ3) is 2.30. The number of ether oxygens (including phenoxy) is 1. The number of aliphatic hydroxyl groups is 1. The van der Waals surface area contributed by atoms with E-state index in [1.54, 1.807) is 6.26 Å². The normalized spacial score (nSPS) is 29.5. The van der Waals surface area contributed by atoms with Gasteiger partial charge in [0.2, 0.25) is 0 Å². The van der Waals surface area contributed by atoms with Crippen LogP contribution in [0.5, 0.6) is 0 Å². The quantitative estimate of drug-likeness (QED) is 0.840. The van der Waals surface area contributed by atoms with Gasteiger partial charge in [-0.05, 0) is 38.3 Å². The van der Waals surface area contributed by atoms with Crippen molar-refractivity contribution in [2.24, 2.45) is 5.41 Å². The zero-order chi connectivity index (χ0) is 14.0. The second-order valence-corrected chi connectivity index (χ2v) is 6.09. The molecule has 2 N–H and O–H groups in total. The van der Waals surface area contributed by atoms with Gasteiger partial charge in [0.1, 0.15) is 5.76 Å². The molecule has 2 saturated carbocycles. The minimum absolute atomic E-state index is 0.0688. The zero-order valence-electron chi connectivity index (χ0n) is 12.2. The van der Waals surface area contributed by atoms with Gasteiger partial charge in [0.25, 0.3) is 0 Å². The lowest BCUT2D eigenvalue weighted by Gasteiger charge is -2.55. The first kappa shape index (κ1) is 14.1. The van der Waals surface area contributed by atoms with Gasteiger partial charge in [-0.25, -0.2) is 0 Å². The zero-order valence-corrected chi connectivity index (χ0v) is 12.2. The molecule has 0 bridgehead atoms. The summed E-state index contributed by atoms with van der Waals surface area (Å²) in [7, 11) is 0. The predicted molar refractivity (Wildman–Crippen MR) is 76.4 cm³/mol. The summed E-state index contributed by atoms with van der Waals surface area (Å²) in [4.78, 5) is 0. The van der Waals surface area contributed by atoms with Crippen molar-refractivity contribution in [3.8, 4) is 0 Å². The van der Waals surface area contributed by atoms with E-state index in [1.165, 1.54) is 25.7 Å². The maximum absolute atomic E-state index is 9.61. The average molecular weight is 279 g/mol. The van der Waals surface area contributed by atoms with E-state index >= 15 is 0 Å².